The van der Waals surface area contributed by atoms with Crippen LogP contribution in [-0.2, 0) is 21.7 Å². The smallest absolute Gasteiger partial charge is 0.269 e. The lowest BCUT2D eigenvalue weighted by molar-refractivity contribution is -0.385. The molecule has 4 aromatic rings. The van der Waals surface area contributed by atoms with E-state index in [4.69, 9.17) is 15.2 Å². The van der Waals surface area contributed by atoms with Crippen molar-refractivity contribution >= 4 is 47.8 Å². The second kappa shape index (κ2) is 13.1. The van der Waals surface area contributed by atoms with E-state index in [-0.39, 0.29) is 42.1 Å². The van der Waals surface area contributed by atoms with E-state index in [1.54, 1.807) is 60.5 Å². The first-order valence-electron chi connectivity index (χ1n) is 16.2. The molecule has 0 aromatic heterocycles. The summed E-state index contributed by atoms with van der Waals surface area (Å²) >= 11 is 0. The largest absolute Gasteiger partial charge is 0.497 e. The van der Waals surface area contributed by atoms with Crippen LogP contribution in [-0.4, -0.2) is 49.7 Å². The van der Waals surface area contributed by atoms with Crippen molar-refractivity contribution in [2.24, 2.45) is 5.92 Å². The third kappa shape index (κ3) is 5.96. The Morgan fingerprint density at radius 1 is 1.08 bits per heavy atom. The summed E-state index contributed by atoms with van der Waals surface area (Å²) in [5.41, 5.74) is 7.30. The average molecular weight is 681 g/mol. The molecule has 6 rings (SSSR count). The van der Waals surface area contributed by atoms with E-state index in [0.29, 0.717) is 34.6 Å². The first-order chi connectivity index (χ1) is 23.4. The average Bonchev–Trinajstić information content (AvgIpc) is 3.51. The first-order valence-corrected chi connectivity index (χ1v) is 19.3. The number of fused-ring (bicyclic) bond motifs is 2. The zero-order chi connectivity index (χ0) is 35.1. The van der Waals surface area contributed by atoms with Gasteiger partial charge < -0.3 is 30.5 Å². The van der Waals surface area contributed by atoms with Crippen LogP contribution in [0.3, 0.4) is 0 Å². The number of nitrogens with one attached hydrogen (secondary N) is 1. The Bertz CT molecular complexity index is 1900. The number of carbonyl (C=O) groups excluding carboxylic acids is 2. The Hall–Kier alpha value is -5.04. The summed E-state index contributed by atoms with van der Waals surface area (Å²) in [6.45, 7) is 6.47. The van der Waals surface area contributed by atoms with E-state index in [9.17, 15) is 24.8 Å². The summed E-state index contributed by atoms with van der Waals surface area (Å²) in [7, 11) is -0.801. The van der Waals surface area contributed by atoms with Crippen LogP contribution in [0.15, 0.2) is 91.0 Å². The van der Waals surface area contributed by atoms with E-state index in [1.165, 1.54) is 12.1 Å². The number of rotatable bonds is 10. The maximum absolute atomic E-state index is 14.9. The Morgan fingerprint density at radius 3 is 2.45 bits per heavy atom. The fraction of sp³-hybridized carbons (Fsp3) is 0.297. The second-order valence-corrected chi connectivity index (χ2v) is 18.0. The minimum absolute atomic E-state index is 0.115. The quantitative estimate of drug-likeness (QED) is 0.0848. The van der Waals surface area contributed by atoms with Crippen molar-refractivity contribution in [1.82, 2.24) is 0 Å². The molecule has 49 heavy (non-hydrogen) atoms. The van der Waals surface area contributed by atoms with Crippen molar-refractivity contribution in [3.8, 4) is 5.75 Å². The van der Waals surface area contributed by atoms with E-state index >= 15 is 0 Å². The van der Waals surface area contributed by atoms with Gasteiger partial charge in [0.05, 0.1) is 38.4 Å². The van der Waals surface area contributed by atoms with Crippen molar-refractivity contribution in [3.05, 3.63) is 118 Å². The fourth-order valence-corrected chi connectivity index (χ4v) is 11.8. The number of nitro benzene ring substituents is 1. The molecule has 4 N–H and O–H groups in total. The lowest BCUT2D eigenvalue weighted by Crippen LogP contribution is -2.51. The number of carbonyl (C=O) groups is 2. The Labute approximate surface area is 285 Å². The molecule has 1 saturated heterocycles. The molecule has 1 fully saturated rings. The SMILES string of the molecule is COc1ccc([Si](C)(C)[C@@H]2[C@@H](CCO)O[C@]3(C(=O)N(Cc4cccc(NC(=O)c5ccc(N)cc5)c4)c4ccc([N+](=O)[O-])cc43)[C@H]2C)cc1. The van der Waals surface area contributed by atoms with Gasteiger partial charge in [-0.1, -0.05) is 49.5 Å². The Morgan fingerprint density at radius 2 is 1.80 bits per heavy atom. The first kappa shape index (κ1) is 33.8. The molecule has 0 saturated carbocycles. The molecule has 0 aliphatic carbocycles. The number of benzene rings is 4. The van der Waals surface area contributed by atoms with E-state index in [2.05, 4.69) is 30.5 Å². The molecule has 2 amide bonds. The molecule has 12 heteroatoms. The molecule has 1 spiro atoms. The number of amides is 2. The van der Waals surface area contributed by atoms with Gasteiger partial charge >= 0.3 is 0 Å². The van der Waals surface area contributed by atoms with Gasteiger partial charge in [-0.3, -0.25) is 19.7 Å². The topological polar surface area (TPSA) is 157 Å². The van der Waals surface area contributed by atoms with E-state index in [1.807, 2.05) is 25.1 Å². The molecule has 2 heterocycles. The highest BCUT2D eigenvalue weighted by Gasteiger charge is 2.66. The third-order valence-corrected chi connectivity index (χ3v) is 14.5. The molecular formula is C37H40N4O7Si. The number of hydrogen-bond donors (Lipinski definition) is 3. The highest BCUT2D eigenvalue weighted by molar-refractivity contribution is 6.91. The molecule has 0 radical (unpaired) electrons. The van der Waals surface area contributed by atoms with Gasteiger partial charge in [0, 0.05) is 47.2 Å². The molecule has 0 bridgehead atoms. The summed E-state index contributed by atoms with van der Waals surface area (Å²) in [5.74, 6) is -0.249. The van der Waals surface area contributed by atoms with Crippen molar-refractivity contribution < 1.29 is 29.1 Å². The van der Waals surface area contributed by atoms with Crippen LogP contribution in [0, 0.1) is 16.0 Å². The number of ether oxygens (including phenoxy) is 2. The highest BCUT2D eigenvalue weighted by atomic mass is 28.3. The molecule has 2 aliphatic rings. The Balaban J connectivity index is 1.37. The fourth-order valence-electron chi connectivity index (χ4n) is 7.74. The number of nitro groups is 1. The molecule has 4 atom stereocenters. The normalized spacial score (nSPS) is 21.5. The van der Waals surface area contributed by atoms with Gasteiger partial charge in [-0.05, 0) is 72.1 Å². The standard InChI is InChI=1S/C37H40N4O7Si/c1-23-34(49(3,4)30-15-13-29(47-2)14-16-30)33(18-19-42)48-37(23)31-21-28(41(45)46)12-17-32(31)40(36(37)44)22-24-6-5-7-27(20-24)39-35(43)25-8-10-26(38)11-9-25/h5-17,20-21,23,33-34,42H,18-19,22,38H2,1-4H3,(H,39,43)/t23-,33+,34-,37+/m0/s1. The van der Waals surface area contributed by atoms with E-state index < -0.39 is 24.7 Å². The summed E-state index contributed by atoms with van der Waals surface area (Å²) in [6, 6.07) is 26.3. The molecule has 4 aromatic carbocycles. The number of aliphatic hydroxyl groups is 1. The predicted molar refractivity (Wildman–Crippen MR) is 191 cm³/mol. The number of anilines is 3. The van der Waals surface area contributed by atoms with Crippen molar-refractivity contribution in [2.75, 3.05) is 29.7 Å². The predicted octanol–water partition coefficient (Wildman–Crippen LogP) is 5.58. The van der Waals surface area contributed by atoms with Gasteiger partial charge in [0.2, 0.25) is 0 Å². The molecule has 254 valence electrons. The monoisotopic (exact) mass is 680 g/mol. The highest BCUT2D eigenvalue weighted by Crippen LogP contribution is 2.60. The van der Waals surface area contributed by atoms with Crippen LogP contribution in [0.1, 0.15) is 34.8 Å². The summed E-state index contributed by atoms with van der Waals surface area (Å²) in [6.07, 6.45) is -0.150. The Kier molecular flexibility index (Phi) is 9.05. The molecule has 2 aliphatic heterocycles. The van der Waals surface area contributed by atoms with Crippen molar-refractivity contribution in [2.45, 2.75) is 50.2 Å². The minimum Gasteiger partial charge on any atom is -0.497 e. The lowest BCUT2D eigenvalue weighted by atomic mass is 9.82. The molecule has 0 unspecified atom stereocenters. The van der Waals surface area contributed by atoms with Crippen LogP contribution in [0.5, 0.6) is 5.75 Å². The van der Waals surface area contributed by atoms with Crippen LogP contribution in [0.2, 0.25) is 18.6 Å². The van der Waals surface area contributed by atoms with Gasteiger partial charge in [-0.15, -0.1) is 0 Å². The van der Waals surface area contributed by atoms with Crippen molar-refractivity contribution in [1.29, 1.82) is 0 Å². The molecule has 11 nitrogen and oxygen atoms in total. The van der Waals surface area contributed by atoms with Crippen LogP contribution in [0.4, 0.5) is 22.7 Å². The van der Waals surface area contributed by atoms with Gasteiger partial charge in [0.1, 0.15) is 5.75 Å². The number of methoxy groups -OCH3 is 1. The lowest BCUT2D eigenvalue weighted by Gasteiger charge is -2.37. The summed E-state index contributed by atoms with van der Waals surface area (Å²) in [5, 5.41) is 26.2. The van der Waals surface area contributed by atoms with Crippen LogP contribution in [0.25, 0.3) is 0 Å². The third-order valence-electron chi connectivity index (χ3n) is 10.1. The van der Waals surface area contributed by atoms with Crippen molar-refractivity contribution in [3.63, 3.8) is 0 Å². The van der Waals surface area contributed by atoms with Gasteiger partial charge in [-0.2, -0.15) is 0 Å². The molecular weight excluding hydrogens is 641 g/mol. The number of hydrogen-bond acceptors (Lipinski definition) is 8. The maximum Gasteiger partial charge on any atom is 0.269 e. The zero-order valence-corrected chi connectivity index (χ0v) is 28.9. The van der Waals surface area contributed by atoms with Gasteiger partial charge in [0.25, 0.3) is 17.5 Å². The number of nitrogens with two attached hydrogens (primary N) is 1. The van der Waals surface area contributed by atoms with Crippen LogP contribution >= 0.6 is 0 Å². The number of non-ortho nitro benzene ring substituents is 1. The number of nitrogens with zero attached hydrogens (tertiary/aromatic N) is 2. The van der Waals surface area contributed by atoms with E-state index in [0.717, 1.165) is 16.5 Å². The second-order valence-electron chi connectivity index (χ2n) is 13.3. The number of nitrogen functional groups attached to an aromatic ring is 1. The minimum atomic E-state index is -2.42. The van der Waals surface area contributed by atoms with Gasteiger partial charge in [-0.25, -0.2) is 0 Å². The van der Waals surface area contributed by atoms with Gasteiger partial charge in [0.15, 0.2) is 5.60 Å². The van der Waals surface area contributed by atoms with Crippen LogP contribution < -0.4 is 25.9 Å². The summed E-state index contributed by atoms with van der Waals surface area (Å²) in [4.78, 5) is 41.0. The number of aliphatic hydroxyl groups excluding tert-OH is 1. The zero-order valence-electron chi connectivity index (χ0n) is 27.9. The maximum atomic E-state index is 14.9. The summed E-state index contributed by atoms with van der Waals surface area (Å²) < 4.78 is 12.3.